The van der Waals surface area contributed by atoms with Crippen LogP contribution in [0.25, 0.3) is 0 Å². The third-order valence-electron chi connectivity index (χ3n) is 3.33. The Morgan fingerprint density at radius 2 is 1.80 bits per heavy atom. The molecule has 0 saturated carbocycles. The van der Waals surface area contributed by atoms with E-state index in [0.29, 0.717) is 16.9 Å². The molecule has 3 heteroatoms. The lowest BCUT2D eigenvalue weighted by atomic mass is 9.95. The van der Waals surface area contributed by atoms with Crippen LogP contribution in [0.3, 0.4) is 0 Å². The Bertz CT molecular complexity index is 675. The number of carbonyl (C=O) groups is 1. The van der Waals surface area contributed by atoms with Crippen molar-refractivity contribution >= 4 is 21.7 Å². The van der Waals surface area contributed by atoms with Crippen molar-refractivity contribution in [1.29, 1.82) is 0 Å². The largest absolute Gasteiger partial charge is 0.496 e. The van der Waals surface area contributed by atoms with Gasteiger partial charge in [0.2, 0.25) is 0 Å². The van der Waals surface area contributed by atoms with Crippen LogP contribution in [-0.4, -0.2) is 12.9 Å². The molecule has 0 aliphatic carbocycles. The molecule has 2 aromatic rings. The number of halogens is 1. The fourth-order valence-corrected chi connectivity index (χ4v) is 2.78. The molecule has 2 rings (SSSR count). The van der Waals surface area contributed by atoms with Crippen molar-refractivity contribution in [2.75, 3.05) is 7.11 Å². The normalized spacial score (nSPS) is 10.4. The molecule has 2 aromatic carbocycles. The van der Waals surface area contributed by atoms with Crippen molar-refractivity contribution in [1.82, 2.24) is 0 Å². The second kappa shape index (κ2) is 5.80. The van der Waals surface area contributed by atoms with E-state index in [9.17, 15) is 4.79 Å². The molecule has 0 aliphatic rings. The van der Waals surface area contributed by atoms with Gasteiger partial charge in [-0.3, -0.25) is 4.79 Å². The minimum absolute atomic E-state index is 0.0186. The number of hydrogen-bond donors (Lipinski definition) is 0. The van der Waals surface area contributed by atoms with Gasteiger partial charge in [0.15, 0.2) is 5.78 Å². The Labute approximate surface area is 127 Å². The zero-order valence-corrected chi connectivity index (χ0v) is 13.7. The molecular weight excluding hydrogens is 316 g/mol. The summed E-state index contributed by atoms with van der Waals surface area (Å²) in [6, 6.07) is 9.59. The Morgan fingerprint density at radius 1 is 1.10 bits per heavy atom. The SMILES string of the molecule is COc1cc(C)cc(C)c1C(=O)c1cccc(C)c1Br. The zero-order chi connectivity index (χ0) is 14.9. The first-order valence-electron chi connectivity index (χ1n) is 6.40. The van der Waals surface area contributed by atoms with E-state index in [1.165, 1.54) is 0 Å². The van der Waals surface area contributed by atoms with Crippen LogP contribution in [0.2, 0.25) is 0 Å². The van der Waals surface area contributed by atoms with Crippen molar-refractivity contribution in [2.45, 2.75) is 20.8 Å². The van der Waals surface area contributed by atoms with Gasteiger partial charge in [-0.2, -0.15) is 0 Å². The van der Waals surface area contributed by atoms with Gasteiger partial charge in [-0.1, -0.05) is 18.2 Å². The Hall–Kier alpha value is -1.61. The van der Waals surface area contributed by atoms with Gasteiger partial charge in [0.1, 0.15) is 5.75 Å². The second-order valence-electron chi connectivity index (χ2n) is 4.92. The number of benzene rings is 2. The highest BCUT2D eigenvalue weighted by Crippen LogP contribution is 2.30. The van der Waals surface area contributed by atoms with Crippen LogP contribution in [0.15, 0.2) is 34.8 Å². The summed E-state index contributed by atoms with van der Waals surface area (Å²) in [5.74, 6) is 0.607. The van der Waals surface area contributed by atoms with Gasteiger partial charge < -0.3 is 4.74 Å². The molecule has 0 aromatic heterocycles. The zero-order valence-electron chi connectivity index (χ0n) is 12.1. The van der Waals surface area contributed by atoms with Crippen molar-refractivity contribution in [3.05, 3.63) is 62.6 Å². The summed E-state index contributed by atoms with van der Waals surface area (Å²) in [6.07, 6.45) is 0. The monoisotopic (exact) mass is 332 g/mol. The minimum Gasteiger partial charge on any atom is -0.496 e. The molecule has 0 heterocycles. The molecule has 0 fully saturated rings. The molecule has 0 saturated heterocycles. The van der Waals surface area contributed by atoms with Crippen LogP contribution in [0.4, 0.5) is 0 Å². The lowest BCUT2D eigenvalue weighted by Gasteiger charge is -2.13. The van der Waals surface area contributed by atoms with Gasteiger partial charge in [0.25, 0.3) is 0 Å². The average Bonchev–Trinajstić information content (AvgIpc) is 2.40. The predicted octanol–water partition coefficient (Wildman–Crippen LogP) is 4.61. The summed E-state index contributed by atoms with van der Waals surface area (Å²) < 4.78 is 6.22. The summed E-state index contributed by atoms with van der Waals surface area (Å²) in [7, 11) is 1.59. The van der Waals surface area contributed by atoms with E-state index in [-0.39, 0.29) is 5.78 Å². The van der Waals surface area contributed by atoms with E-state index < -0.39 is 0 Å². The molecule has 0 amide bonds. The van der Waals surface area contributed by atoms with Gasteiger partial charge in [-0.15, -0.1) is 0 Å². The summed E-state index contributed by atoms with van der Waals surface area (Å²) >= 11 is 3.50. The quantitative estimate of drug-likeness (QED) is 0.767. The number of hydrogen-bond acceptors (Lipinski definition) is 2. The molecular formula is C17H17BrO2. The van der Waals surface area contributed by atoms with E-state index in [4.69, 9.17) is 4.74 Å². The average molecular weight is 333 g/mol. The maximum atomic E-state index is 12.8. The molecule has 0 atom stereocenters. The first kappa shape index (κ1) is 14.8. The first-order chi connectivity index (χ1) is 9.45. The third-order valence-corrected chi connectivity index (χ3v) is 4.38. The molecule has 0 unspecified atom stereocenters. The summed E-state index contributed by atoms with van der Waals surface area (Å²) in [5, 5.41) is 0. The van der Waals surface area contributed by atoms with Crippen LogP contribution >= 0.6 is 15.9 Å². The fourth-order valence-electron chi connectivity index (χ4n) is 2.34. The number of ether oxygens (including phenoxy) is 1. The van der Waals surface area contributed by atoms with E-state index >= 15 is 0 Å². The summed E-state index contributed by atoms with van der Waals surface area (Å²) in [4.78, 5) is 12.8. The molecule has 20 heavy (non-hydrogen) atoms. The minimum atomic E-state index is -0.0186. The van der Waals surface area contributed by atoms with Crippen molar-refractivity contribution in [3.63, 3.8) is 0 Å². The molecule has 104 valence electrons. The van der Waals surface area contributed by atoms with E-state index in [1.54, 1.807) is 7.11 Å². The van der Waals surface area contributed by atoms with Gasteiger partial charge in [0, 0.05) is 10.0 Å². The maximum Gasteiger partial charge on any atom is 0.198 e. The Balaban J connectivity index is 2.62. The van der Waals surface area contributed by atoms with Crippen LogP contribution in [0.1, 0.15) is 32.6 Å². The maximum absolute atomic E-state index is 12.8. The summed E-state index contributed by atoms with van der Waals surface area (Å²) in [5.41, 5.74) is 4.35. The third kappa shape index (κ3) is 2.63. The van der Waals surface area contributed by atoms with Gasteiger partial charge >= 0.3 is 0 Å². The number of aryl methyl sites for hydroxylation is 3. The van der Waals surface area contributed by atoms with Gasteiger partial charge in [0.05, 0.1) is 12.7 Å². The fraction of sp³-hybridized carbons (Fsp3) is 0.235. The Kier molecular flexibility index (Phi) is 4.29. The number of carbonyl (C=O) groups excluding carboxylic acids is 1. The van der Waals surface area contributed by atoms with Gasteiger partial charge in [-0.25, -0.2) is 0 Å². The van der Waals surface area contributed by atoms with Crippen molar-refractivity contribution in [3.8, 4) is 5.75 Å². The molecule has 0 aliphatic heterocycles. The molecule has 0 N–H and O–H groups in total. The predicted molar refractivity (Wildman–Crippen MR) is 84.8 cm³/mol. The number of rotatable bonds is 3. The second-order valence-corrected chi connectivity index (χ2v) is 5.72. The topological polar surface area (TPSA) is 26.3 Å². The van der Waals surface area contributed by atoms with E-state index in [1.807, 2.05) is 51.1 Å². The standard InChI is InChI=1S/C17H17BrO2/c1-10-8-12(3)15(14(9-10)20-4)17(19)13-7-5-6-11(2)16(13)18/h5-9H,1-4H3. The lowest BCUT2D eigenvalue weighted by Crippen LogP contribution is -2.08. The van der Waals surface area contributed by atoms with Crippen molar-refractivity contribution in [2.24, 2.45) is 0 Å². The number of ketones is 1. The van der Waals surface area contributed by atoms with Crippen LogP contribution in [0.5, 0.6) is 5.75 Å². The number of methoxy groups -OCH3 is 1. The smallest absolute Gasteiger partial charge is 0.198 e. The van der Waals surface area contributed by atoms with Crippen LogP contribution in [0, 0.1) is 20.8 Å². The van der Waals surface area contributed by atoms with E-state index in [0.717, 1.165) is 21.2 Å². The molecule has 2 nitrogen and oxygen atoms in total. The first-order valence-corrected chi connectivity index (χ1v) is 7.20. The summed E-state index contributed by atoms with van der Waals surface area (Å²) in [6.45, 7) is 5.90. The highest BCUT2D eigenvalue weighted by atomic mass is 79.9. The highest BCUT2D eigenvalue weighted by Gasteiger charge is 2.20. The van der Waals surface area contributed by atoms with Crippen LogP contribution < -0.4 is 4.74 Å². The van der Waals surface area contributed by atoms with Gasteiger partial charge in [-0.05, 0) is 65.5 Å². The molecule has 0 spiro atoms. The molecule has 0 radical (unpaired) electrons. The lowest BCUT2D eigenvalue weighted by molar-refractivity contribution is 0.103. The van der Waals surface area contributed by atoms with Crippen LogP contribution in [-0.2, 0) is 0 Å². The highest BCUT2D eigenvalue weighted by molar-refractivity contribution is 9.10. The molecule has 0 bridgehead atoms. The van der Waals surface area contributed by atoms with E-state index in [2.05, 4.69) is 15.9 Å². The Morgan fingerprint density at radius 3 is 2.45 bits per heavy atom. The van der Waals surface area contributed by atoms with Crippen molar-refractivity contribution < 1.29 is 9.53 Å².